The fraction of sp³-hybridized carbons (Fsp3) is 0.391. The molecular weight excluding hydrogens is 448 g/mol. The van der Waals surface area contributed by atoms with Crippen LogP contribution in [0.25, 0.3) is 0 Å². The van der Waals surface area contributed by atoms with Crippen molar-refractivity contribution in [1.29, 1.82) is 0 Å². The second-order valence-corrected chi connectivity index (χ2v) is 8.76. The fourth-order valence-corrected chi connectivity index (χ4v) is 4.57. The molecule has 0 aromatic heterocycles. The minimum absolute atomic E-state index is 0.113. The van der Waals surface area contributed by atoms with Gasteiger partial charge in [-0.25, -0.2) is 0 Å². The molecule has 174 valence electrons. The van der Waals surface area contributed by atoms with Crippen molar-refractivity contribution in [1.82, 2.24) is 4.90 Å². The summed E-state index contributed by atoms with van der Waals surface area (Å²) >= 11 is 6.14. The van der Waals surface area contributed by atoms with E-state index in [1.165, 1.54) is 6.07 Å². The predicted octanol–water partition coefficient (Wildman–Crippen LogP) is 3.48. The van der Waals surface area contributed by atoms with Gasteiger partial charge >= 0.3 is 0 Å². The van der Waals surface area contributed by atoms with E-state index in [0.717, 1.165) is 16.2 Å². The number of imide groups is 1. The van der Waals surface area contributed by atoms with Gasteiger partial charge in [0.1, 0.15) is 11.4 Å². The number of piperazine rings is 1. The molecule has 2 heterocycles. The molecule has 2 aromatic rings. The van der Waals surface area contributed by atoms with Crippen LogP contribution in [0, 0.1) is 16.0 Å². The van der Waals surface area contributed by atoms with E-state index in [9.17, 15) is 19.7 Å². The lowest BCUT2D eigenvalue weighted by molar-refractivity contribution is -0.384. The number of methoxy groups -OCH3 is 1. The number of rotatable bonds is 6. The molecular formula is C23H25ClN4O5. The van der Waals surface area contributed by atoms with E-state index in [4.69, 9.17) is 16.3 Å². The molecule has 2 aliphatic rings. The maximum absolute atomic E-state index is 12.3. The minimum Gasteiger partial charge on any atom is -0.496 e. The van der Waals surface area contributed by atoms with Crippen molar-refractivity contribution >= 4 is 40.5 Å². The van der Waals surface area contributed by atoms with Gasteiger partial charge in [0.15, 0.2) is 0 Å². The smallest absolute Gasteiger partial charge is 0.294 e. The highest BCUT2D eigenvalue weighted by atomic mass is 35.5. The number of ether oxygens (including phenoxy) is 1. The average Bonchev–Trinajstić information content (AvgIpc) is 3.05. The predicted molar refractivity (Wildman–Crippen MR) is 125 cm³/mol. The molecule has 2 aromatic carbocycles. The minimum atomic E-state index is -0.462. The van der Waals surface area contributed by atoms with Crippen LogP contribution in [-0.4, -0.2) is 54.9 Å². The fourth-order valence-electron chi connectivity index (χ4n) is 4.38. The molecule has 0 unspecified atom stereocenters. The summed E-state index contributed by atoms with van der Waals surface area (Å²) in [6, 6.07) is 10.1. The van der Waals surface area contributed by atoms with Crippen LogP contribution in [-0.2, 0) is 16.1 Å². The van der Waals surface area contributed by atoms with E-state index in [-0.39, 0.29) is 29.6 Å². The Labute approximate surface area is 196 Å². The van der Waals surface area contributed by atoms with Gasteiger partial charge < -0.3 is 9.64 Å². The largest absolute Gasteiger partial charge is 0.496 e. The van der Waals surface area contributed by atoms with Crippen molar-refractivity contribution in [3.63, 3.8) is 0 Å². The van der Waals surface area contributed by atoms with Crippen LogP contribution in [0.3, 0.4) is 0 Å². The van der Waals surface area contributed by atoms with E-state index < -0.39 is 10.8 Å². The zero-order valence-corrected chi connectivity index (χ0v) is 19.2. The van der Waals surface area contributed by atoms with Crippen LogP contribution in [0.4, 0.5) is 17.1 Å². The van der Waals surface area contributed by atoms with Crippen LogP contribution >= 0.6 is 11.6 Å². The topological polar surface area (TPSA) is 96.2 Å². The molecule has 33 heavy (non-hydrogen) atoms. The molecule has 0 aliphatic carbocycles. The zero-order chi connectivity index (χ0) is 23.7. The van der Waals surface area contributed by atoms with Gasteiger partial charge in [0.25, 0.3) is 5.69 Å². The molecule has 1 atom stereocenters. The highest BCUT2D eigenvalue weighted by Crippen LogP contribution is 2.36. The van der Waals surface area contributed by atoms with Crippen LogP contribution in [0.2, 0.25) is 5.02 Å². The number of anilines is 2. The molecule has 0 saturated carbocycles. The Hall–Kier alpha value is -3.17. The van der Waals surface area contributed by atoms with Crippen molar-refractivity contribution in [3.05, 3.63) is 57.1 Å². The van der Waals surface area contributed by atoms with Gasteiger partial charge in [-0.3, -0.25) is 29.5 Å². The number of hydrogen-bond acceptors (Lipinski definition) is 7. The summed E-state index contributed by atoms with van der Waals surface area (Å²) < 4.78 is 5.43. The molecule has 0 spiro atoms. The van der Waals surface area contributed by atoms with E-state index in [2.05, 4.69) is 4.90 Å². The summed E-state index contributed by atoms with van der Waals surface area (Å²) in [7, 11) is 1.62. The summed E-state index contributed by atoms with van der Waals surface area (Å²) in [4.78, 5) is 41.2. The second kappa shape index (κ2) is 9.36. The summed E-state index contributed by atoms with van der Waals surface area (Å²) in [5, 5.41) is 12.5. The average molecular weight is 473 g/mol. The Balaban J connectivity index is 1.49. The van der Waals surface area contributed by atoms with Gasteiger partial charge in [-0.1, -0.05) is 18.5 Å². The third-order valence-corrected chi connectivity index (χ3v) is 6.37. The van der Waals surface area contributed by atoms with Gasteiger partial charge in [0.2, 0.25) is 11.8 Å². The van der Waals surface area contributed by atoms with Crippen molar-refractivity contribution in [3.8, 4) is 5.75 Å². The number of nitro benzene ring substituents is 1. The SMILES string of the molecule is COc1ccc(Cl)cc1CN1CCN(c2ccc(N3C(=O)C[C@@H](C)C3=O)cc2[N+](=O)[O-])CC1. The zero-order valence-electron chi connectivity index (χ0n) is 18.5. The summed E-state index contributed by atoms with van der Waals surface area (Å²) in [6.45, 7) is 4.95. The lowest BCUT2D eigenvalue weighted by atomic mass is 10.1. The number of hydrogen-bond donors (Lipinski definition) is 0. The van der Waals surface area contributed by atoms with Gasteiger partial charge in [-0.15, -0.1) is 0 Å². The highest BCUT2D eigenvalue weighted by Gasteiger charge is 2.37. The van der Waals surface area contributed by atoms with Gasteiger partial charge in [0, 0.05) is 61.7 Å². The van der Waals surface area contributed by atoms with E-state index in [1.807, 2.05) is 17.0 Å². The quantitative estimate of drug-likeness (QED) is 0.360. The third kappa shape index (κ3) is 4.65. The van der Waals surface area contributed by atoms with Crippen molar-refractivity contribution in [2.75, 3.05) is 43.1 Å². The lowest BCUT2D eigenvalue weighted by Crippen LogP contribution is -2.46. The van der Waals surface area contributed by atoms with Crippen molar-refractivity contribution in [2.24, 2.45) is 5.92 Å². The van der Waals surface area contributed by atoms with E-state index in [1.54, 1.807) is 32.2 Å². The van der Waals surface area contributed by atoms with Gasteiger partial charge in [-0.2, -0.15) is 0 Å². The molecule has 0 radical (unpaired) electrons. The summed E-state index contributed by atoms with van der Waals surface area (Å²) in [6.07, 6.45) is 0.119. The summed E-state index contributed by atoms with van der Waals surface area (Å²) in [5.41, 5.74) is 1.60. The molecule has 0 bridgehead atoms. The first-order valence-electron chi connectivity index (χ1n) is 10.7. The second-order valence-electron chi connectivity index (χ2n) is 8.32. The Morgan fingerprint density at radius 3 is 2.45 bits per heavy atom. The van der Waals surface area contributed by atoms with Gasteiger partial charge in [0.05, 0.1) is 17.7 Å². The van der Waals surface area contributed by atoms with Crippen molar-refractivity contribution in [2.45, 2.75) is 19.9 Å². The normalized spacial score (nSPS) is 19.3. The maximum atomic E-state index is 12.3. The van der Waals surface area contributed by atoms with E-state index >= 15 is 0 Å². The number of carbonyl (C=O) groups is 2. The Bertz CT molecular complexity index is 1100. The summed E-state index contributed by atoms with van der Waals surface area (Å²) in [5.74, 6) is -0.303. The Morgan fingerprint density at radius 1 is 1.12 bits per heavy atom. The van der Waals surface area contributed by atoms with Crippen LogP contribution in [0.1, 0.15) is 18.9 Å². The van der Waals surface area contributed by atoms with E-state index in [0.29, 0.717) is 43.4 Å². The van der Waals surface area contributed by atoms with Crippen molar-refractivity contribution < 1.29 is 19.2 Å². The Morgan fingerprint density at radius 2 is 1.85 bits per heavy atom. The molecule has 9 nitrogen and oxygen atoms in total. The molecule has 2 amide bonds. The first-order valence-corrected chi connectivity index (χ1v) is 11.1. The number of nitro groups is 1. The third-order valence-electron chi connectivity index (χ3n) is 6.14. The first-order chi connectivity index (χ1) is 15.8. The van der Waals surface area contributed by atoms with Gasteiger partial charge in [-0.05, 0) is 30.3 Å². The molecule has 2 saturated heterocycles. The first kappa shape index (κ1) is 23.0. The lowest BCUT2D eigenvalue weighted by Gasteiger charge is -2.36. The highest BCUT2D eigenvalue weighted by molar-refractivity contribution is 6.30. The molecule has 10 heteroatoms. The number of halogens is 1. The molecule has 0 N–H and O–H groups in total. The number of carbonyl (C=O) groups excluding carboxylic acids is 2. The molecule has 2 fully saturated rings. The number of nitrogens with zero attached hydrogens (tertiary/aromatic N) is 4. The number of benzene rings is 2. The van der Waals surface area contributed by atoms with Crippen LogP contribution < -0.4 is 14.5 Å². The monoisotopic (exact) mass is 472 g/mol. The van der Waals surface area contributed by atoms with Crippen LogP contribution in [0.15, 0.2) is 36.4 Å². The molecule has 4 rings (SSSR count). The maximum Gasteiger partial charge on any atom is 0.294 e. The standard InChI is InChI=1S/C23H25ClN4O5/c1-15-11-22(29)27(23(15)30)18-4-5-19(20(13-18)28(31)32)26-9-7-25(8-10-26)14-16-12-17(24)3-6-21(16)33-2/h3-6,12-13,15H,7-11,14H2,1-2H3/t15-/m1/s1. The number of amides is 2. The molecule has 2 aliphatic heterocycles. The van der Waals surface area contributed by atoms with Crippen LogP contribution in [0.5, 0.6) is 5.75 Å². The Kier molecular flexibility index (Phi) is 6.53.